The molecule has 1 aliphatic carbocycles. The van der Waals surface area contributed by atoms with Gasteiger partial charge in [-0.05, 0) is 74.7 Å². The normalized spacial score (nSPS) is 14.1. The maximum Gasteiger partial charge on any atom is 0.254 e. The van der Waals surface area contributed by atoms with E-state index in [4.69, 9.17) is 0 Å². The second-order valence-corrected chi connectivity index (χ2v) is 11.0. The van der Waals surface area contributed by atoms with Crippen LogP contribution in [0.4, 0.5) is 4.39 Å². The molecule has 4 rings (SSSR count). The van der Waals surface area contributed by atoms with Crippen molar-refractivity contribution in [1.82, 2.24) is 14.4 Å². The predicted octanol–water partition coefficient (Wildman–Crippen LogP) is 6.65. The zero-order valence-electron chi connectivity index (χ0n) is 21.6. The first-order valence-corrected chi connectivity index (χ1v) is 13.9. The molecular weight excluding hydrogens is 533 g/mol. The number of hydrogen-bond donors (Lipinski definition) is 0. The second kappa shape index (κ2) is 12.5. The highest BCUT2D eigenvalue weighted by atomic mass is 79.9. The number of benzene rings is 2. The highest BCUT2D eigenvalue weighted by molar-refractivity contribution is 9.10. The molecule has 0 saturated heterocycles. The van der Waals surface area contributed by atoms with Crippen LogP contribution >= 0.6 is 15.9 Å². The summed E-state index contributed by atoms with van der Waals surface area (Å²) in [5.74, 6) is -0.858. The zero-order valence-corrected chi connectivity index (χ0v) is 23.2. The number of amides is 2. The van der Waals surface area contributed by atoms with Crippen molar-refractivity contribution in [2.45, 2.75) is 71.1 Å². The average Bonchev–Trinajstić information content (AvgIpc) is 3.33. The van der Waals surface area contributed by atoms with Gasteiger partial charge in [-0.15, -0.1) is 0 Å². The van der Waals surface area contributed by atoms with E-state index < -0.39 is 5.82 Å². The third kappa shape index (κ3) is 7.10. The summed E-state index contributed by atoms with van der Waals surface area (Å²) in [6.45, 7) is 4.96. The monoisotopic (exact) mass is 567 g/mol. The zero-order chi connectivity index (χ0) is 26.4. The number of aromatic nitrogens is 1. The van der Waals surface area contributed by atoms with Crippen molar-refractivity contribution in [3.63, 3.8) is 0 Å². The van der Waals surface area contributed by atoms with E-state index in [0.717, 1.165) is 42.4 Å². The van der Waals surface area contributed by atoms with E-state index in [1.54, 1.807) is 11.0 Å². The van der Waals surface area contributed by atoms with Gasteiger partial charge in [0, 0.05) is 40.6 Å². The lowest BCUT2D eigenvalue weighted by molar-refractivity contribution is -0.136. The molecule has 5 nitrogen and oxygen atoms in total. The number of carbonyl (C=O) groups excluding carboxylic acids is 2. The summed E-state index contributed by atoms with van der Waals surface area (Å²) in [7, 11) is 0. The highest BCUT2D eigenvalue weighted by Gasteiger charge is 2.30. The molecule has 0 radical (unpaired) electrons. The minimum Gasteiger partial charge on any atom is -0.345 e. The number of hydrogen-bond acceptors (Lipinski definition) is 2. The largest absolute Gasteiger partial charge is 0.345 e. The van der Waals surface area contributed by atoms with Crippen LogP contribution in [0.5, 0.6) is 0 Å². The SMILES string of the molecule is CC(C)N(CC(=O)N(Cc1cccn1Cc1ccc(Br)cc1)C1CCCCC1)C(=O)c1cccc(F)c1. The number of halogens is 2. The molecule has 2 aromatic carbocycles. The van der Waals surface area contributed by atoms with E-state index >= 15 is 0 Å². The van der Waals surface area contributed by atoms with Gasteiger partial charge in [0.1, 0.15) is 12.4 Å². The van der Waals surface area contributed by atoms with Gasteiger partial charge in [-0.3, -0.25) is 9.59 Å². The Labute approximate surface area is 227 Å². The van der Waals surface area contributed by atoms with Crippen LogP contribution in [0.2, 0.25) is 0 Å². The molecule has 0 bridgehead atoms. The van der Waals surface area contributed by atoms with Gasteiger partial charge in [-0.25, -0.2) is 4.39 Å². The maximum atomic E-state index is 13.8. The minimum absolute atomic E-state index is 0.0308. The predicted molar refractivity (Wildman–Crippen MR) is 148 cm³/mol. The topological polar surface area (TPSA) is 45.6 Å². The molecule has 3 aromatic rings. The van der Waals surface area contributed by atoms with Gasteiger partial charge in [-0.1, -0.05) is 53.4 Å². The molecule has 1 fully saturated rings. The third-order valence-electron chi connectivity index (χ3n) is 7.12. The second-order valence-electron chi connectivity index (χ2n) is 10.1. The van der Waals surface area contributed by atoms with Crippen LogP contribution in [-0.4, -0.2) is 44.8 Å². The summed E-state index contributed by atoms with van der Waals surface area (Å²) < 4.78 is 17.0. The lowest BCUT2D eigenvalue weighted by Gasteiger charge is -2.37. The van der Waals surface area contributed by atoms with E-state index in [1.165, 1.54) is 30.2 Å². The Morgan fingerprint density at radius 1 is 1.03 bits per heavy atom. The quantitative estimate of drug-likeness (QED) is 0.290. The maximum absolute atomic E-state index is 13.8. The molecule has 0 unspecified atom stereocenters. The van der Waals surface area contributed by atoms with Crippen LogP contribution < -0.4 is 0 Å². The van der Waals surface area contributed by atoms with Crippen molar-refractivity contribution in [3.05, 3.63) is 94.0 Å². The summed E-state index contributed by atoms with van der Waals surface area (Å²) in [6, 6.07) is 18.0. The van der Waals surface area contributed by atoms with E-state index in [1.807, 2.05) is 36.9 Å². The van der Waals surface area contributed by atoms with Crippen LogP contribution in [0, 0.1) is 5.82 Å². The van der Waals surface area contributed by atoms with Crippen LogP contribution in [0.15, 0.2) is 71.3 Å². The Bertz CT molecular complexity index is 1200. The lowest BCUT2D eigenvalue weighted by atomic mass is 9.94. The molecule has 1 aromatic heterocycles. The Morgan fingerprint density at radius 3 is 2.43 bits per heavy atom. The first-order chi connectivity index (χ1) is 17.8. The van der Waals surface area contributed by atoms with Crippen molar-refractivity contribution in [1.29, 1.82) is 0 Å². The van der Waals surface area contributed by atoms with Crippen molar-refractivity contribution in [3.8, 4) is 0 Å². The highest BCUT2D eigenvalue weighted by Crippen LogP contribution is 2.25. The molecule has 0 atom stereocenters. The molecule has 37 heavy (non-hydrogen) atoms. The molecule has 196 valence electrons. The Hall–Kier alpha value is -2.93. The van der Waals surface area contributed by atoms with Gasteiger partial charge >= 0.3 is 0 Å². The molecule has 7 heteroatoms. The molecule has 1 heterocycles. The first-order valence-electron chi connectivity index (χ1n) is 13.1. The summed E-state index contributed by atoms with van der Waals surface area (Å²) in [5.41, 5.74) is 2.51. The average molecular weight is 569 g/mol. The Balaban J connectivity index is 1.55. The molecule has 1 aliphatic rings. The van der Waals surface area contributed by atoms with Crippen LogP contribution in [-0.2, 0) is 17.9 Å². The van der Waals surface area contributed by atoms with E-state index in [0.29, 0.717) is 6.54 Å². The molecule has 0 aliphatic heterocycles. The summed E-state index contributed by atoms with van der Waals surface area (Å²) >= 11 is 3.49. The fraction of sp³-hybridized carbons (Fsp3) is 0.400. The summed E-state index contributed by atoms with van der Waals surface area (Å²) in [4.78, 5) is 30.6. The van der Waals surface area contributed by atoms with E-state index in [2.05, 4.69) is 44.9 Å². The van der Waals surface area contributed by atoms with Gasteiger partial charge in [0.25, 0.3) is 5.91 Å². The summed E-state index contributed by atoms with van der Waals surface area (Å²) in [5, 5.41) is 0. The summed E-state index contributed by atoms with van der Waals surface area (Å²) in [6.07, 6.45) is 7.38. The van der Waals surface area contributed by atoms with Gasteiger partial charge in [0.05, 0.1) is 6.54 Å². The lowest BCUT2D eigenvalue weighted by Crippen LogP contribution is -2.49. The molecule has 2 amide bonds. The van der Waals surface area contributed by atoms with Crippen LogP contribution in [0.3, 0.4) is 0 Å². The molecular formula is C30H35BrFN3O2. The molecule has 0 N–H and O–H groups in total. The van der Waals surface area contributed by atoms with Crippen LogP contribution in [0.25, 0.3) is 0 Å². The fourth-order valence-corrected chi connectivity index (χ4v) is 5.30. The number of rotatable bonds is 9. The fourth-order valence-electron chi connectivity index (χ4n) is 5.03. The molecule has 1 saturated carbocycles. The Kier molecular flexibility index (Phi) is 9.19. The van der Waals surface area contributed by atoms with Crippen molar-refractivity contribution >= 4 is 27.7 Å². The smallest absolute Gasteiger partial charge is 0.254 e. The Morgan fingerprint density at radius 2 is 1.76 bits per heavy atom. The molecule has 0 spiro atoms. The van der Waals surface area contributed by atoms with E-state index in [9.17, 15) is 14.0 Å². The van der Waals surface area contributed by atoms with E-state index in [-0.39, 0.29) is 36.0 Å². The third-order valence-corrected chi connectivity index (χ3v) is 7.65. The van der Waals surface area contributed by atoms with Gasteiger partial charge < -0.3 is 14.4 Å². The first kappa shape index (κ1) is 27.1. The standard InChI is InChI=1S/C30H35BrFN3O2/c1-22(2)34(30(37)24-8-6-9-26(32)18-24)21-29(36)35(27-10-4-3-5-11-27)20-28-12-7-17-33(28)19-23-13-15-25(31)16-14-23/h6-9,12-18,22,27H,3-5,10-11,19-21H2,1-2H3. The van der Waals surface area contributed by atoms with Gasteiger partial charge in [0.15, 0.2) is 0 Å². The van der Waals surface area contributed by atoms with Crippen molar-refractivity contribution < 1.29 is 14.0 Å². The van der Waals surface area contributed by atoms with Gasteiger partial charge in [-0.2, -0.15) is 0 Å². The van der Waals surface area contributed by atoms with Crippen LogP contribution in [0.1, 0.15) is 67.6 Å². The number of nitrogens with zero attached hydrogens (tertiary/aromatic N) is 3. The number of carbonyl (C=O) groups is 2. The van der Waals surface area contributed by atoms with Crippen molar-refractivity contribution in [2.75, 3.05) is 6.54 Å². The van der Waals surface area contributed by atoms with Crippen molar-refractivity contribution in [2.24, 2.45) is 0 Å². The van der Waals surface area contributed by atoms with Gasteiger partial charge in [0.2, 0.25) is 5.91 Å². The minimum atomic E-state index is -0.462.